The van der Waals surface area contributed by atoms with E-state index in [0.29, 0.717) is 18.0 Å². The molecule has 0 aromatic heterocycles. The summed E-state index contributed by atoms with van der Waals surface area (Å²) in [6, 6.07) is 6.03. The lowest BCUT2D eigenvalue weighted by Gasteiger charge is -2.13. The third-order valence-electron chi connectivity index (χ3n) is 3.42. The van der Waals surface area contributed by atoms with Crippen LogP contribution in [0.4, 0.5) is 4.79 Å². The molecule has 8 heteroatoms. The van der Waals surface area contributed by atoms with Crippen molar-refractivity contribution < 1.29 is 14.4 Å². The molecule has 0 bridgehead atoms. The number of hydrogen-bond donors (Lipinski definition) is 2. The van der Waals surface area contributed by atoms with Crippen molar-refractivity contribution in [3.63, 3.8) is 0 Å². The lowest BCUT2D eigenvalue weighted by atomic mass is 10.2. The van der Waals surface area contributed by atoms with Gasteiger partial charge >= 0.3 is 6.03 Å². The Bertz CT molecular complexity index is 594. The molecule has 1 heterocycles. The van der Waals surface area contributed by atoms with E-state index in [2.05, 4.69) is 10.6 Å². The largest absolute Gasteiger partial charge is 0.350 e. The molecule has 1 aliphatic heterocycles. The van der Waals surface area contributed by atoms with E-state index in [4.69, 9.17) is 11.6 Å². The SMILES string of the molecule is CSCCC1NC(=O)N(CC(=O)NCc2ccc(Cl)cc2)C1=O. The summed E-state index contributed by atoms with van der Waals surface area (Å²) in [6.07, 6.45) is 2.50. The summed E-state index contributed by atoms with van der Waals surface area (Å²) in [5.41, 5.74) is 0.887. The molecule has 124 valence electrons. The summed E-state index contributed by atoms with van der Waals surface area (Å²) in [5.74, 6) is 0.0486. The fraction of sp³-hybridized carbons (Fsp3) is 0.400. The van der Waals surface area contributed by atoms with Crippen molar-refractivity contribution in [3.05, 3.63) is 34.9 Å². The zero-order chi connectivity index (χ0) is 16.8. The van der Waals surface area contributed by atoms with Gasteiger partial charge in [0.1, 0.15) is 12.6 Å². The first kappa shape index (κ1) is 17.6. The van der Waals surface area contributed by atoms with Crippen LogP contribution in [0.3, 0.4) is 0 Å². The summed E-state index contributed by atoms with van der Waals surface area (Å²) >= 11 is 7.40. The highest BCUT2D eigenvalue weighted by Crippen LogP contribution is 2.12. The van der Waals surface area contributed by atoms with Gasteiger partial charge in [-0.3, -0.25) is 14.5 Å². The summed E-state index contributed by atoms with van der Waals surface area (Å²) < 4.78 is 0. The Morgan fingerprint density at radius 2 is 2.04 bits per heavy atom. The Morgan fingerprint density at radius 1 is 1.35 bits per heavy atom. The first-order valence-electron chi connectivity index (χ1n) is 7.13. The number of halogens is 1. The second-order valence-electron chi connectivity index (χ2n) is 5.11. The molecule has 1 unspecified atom stereocenters. The van der Waals surface area contributed by atoms with Gasteiger partial charge in [0.2, 0.25) is 5.91 Å². The predicted molar refractivity (Wildman–Crippen MR) is 90.3 cm³/mol. The molecule has 6 nitrogen and oxygen atoms in total. The van der Waals surface area contributed by atoms with Gasteiger partial charge in [0.15, 0.2) is 0 Å². The van der Waals surface area contributed by atoms with Gasteiger partial charge in [-0.2, -0.15) is 11.8 Å². The van der Waals surface area contributed by atoms with Crippen LogP contribution in [0, 0.1) is 0 Å². The number of carbonyl (C=O) groups excluding carboxylic acids is 3. The fourth-order valence-electron chi connectivity index (χ4n) is 2.16. The summed E-state index contributed by atoms with van der Waals surface area (Å²) in [6.45, 7) is 0.0452. The maximum absolute atomic E-state index is 12.1. The van der Waals surface area contributed by atoms with Crippen LogP contribution in [-0.4, -0.2) is 47.3 Å². The van der Waals surface area contributed by atoms with Gasteiger partial charge in [-0.05, 0) is 36.1 Å². The van der Waals surface area contributed by atoms with Crippen LogP contribution < -0.4 is 10.6 Å². The predicted octanol–water partition coefficient (Wildman–Crippen LogP) is 1.63. The van der Waals surface area contributed by atoms with Gasteiger partial charge < -0.3 is 10.6 Å². The molecular formula is C15H18ClN3O3S. The molecule has 1 aliphatic rings. The molecule has 4 amide bonds. The van der Waals surface area contributed by atoms with Gasteiger partial charge in [-0.15, -0.1) is 0 Å². The van der Waals surface area contributed by atoms with E-state index in [-0.39, 0.29) is 18.4 Å². The topological polar surface area (TPSA) is 78.5 Å². The van der Waals surface area contributed by atoms with Gasteiger partial charge in [-0.1, -0.05) is 23.7 Å². The van der Waals surface area contributed by atoms with Crippen molar-refractivity contribution in [1.82, 2.24) is 15.5 Å². The third kappa shape index (κ3) is 4.87. The molecule has 0 aliphatic carbocycles. The fourth-order valence-corrected chi connectivity index (χ4v) is 2.76. The van der Waals surface area contributed by atoms with E-state index in [0.717, 1.165) is 16.2 Å². The van der Waals surface area contributed by atoms with Gasteiger partial charge in [0.05, 0.1) is 0 Å². The number of nitrogens with one attached hydrogen (secondary N) is 2. The standard InChI is InChI=1S/C15H18ClN3O3S/c1-23-7-6-12-14(21)19(15(22)18-12)9-13(20)17-8-10-2-4-11(16)5-3-10/h2-5,12H,6-9H2,1H3,(H,17,20)(H,18,22). The van der Waals surface area contributed by atoms with Gasteiger partial charge in [0, 0.05) is 11.6 Å². The molecule has 0 saturated carbocycles. The number of urea groups is 1. The molecular weight excluding hydrogens is 338 g/mol. The minimum Gasteiger partial charge on any atom is -0.350 e. The number of rotatable bonds is 7. The minimum atomic E-state index is -0.529. The third-order valence-corrected chi connectivity index (χ3v) is 4.32. The van der Waals surface area contributed by atoms with Crippen molar-refractivity contribution in [2.45, 2.75) is 19.0 Å². The average Bonchev–Trinajstić information content (AvgIpc) is 2.80. The van der Waals surface area contributed by atoms with Crippen LogP contribution in [0.1, 0.15) is 12.0 Å². The molecule has 1 saturated heterocycles. The highest BCUT2D eigenvalue weighted by molar-refractivity contribution is 7.98. The zero-order valence-corrected chi connectivity index (χ0v) is 14.2. The molecule has 1 atom stereocenters. The summed E-state index contributed by atoms with van der Waals surface area (Å²) in [7, 11) is 0. The van der Waals surface area contributed by atoms with Crippen LogP contribution >= 0.6 is 23.4 Å². The number of imide groups is 1. The Hall–Kier alpha value is -1.73. The van der Waals surface area contributed by atoms with E-state index in [1.165, 1.54) is 0 Å². The Morgan fingerprint density at radius 3 is 2.70 bits per heavy atom. The van der Waals surface area contributed by atoms with Gasteiger partial charge in [0.25, 0.3) is 5.91 Å². The zero-order valence-electron chi connectivity index (χ0n) is 12.7. The smallest absolute Gasteiger partial charge is 0.325 e. The Labute approximate surface area is 143 Å². The maximum atomic E-state index is 12.1. The Kier molecular flexibility index (Phi) is 6.29. The van der Waals surface area contributed by atoms with Crippen molar-refractivity contribution in [1.29, 1.82) is 0 Å². The second-order valence-corrected chi connectivity index (χ2v) is 6.53. The van der Waals surface area contributed by atoms with E-state index in [1.54, 1.807) is 36.0 Å². The van der Waals surface area contributed by atoms with Crippen molar-refractivity contribution in [2.24, 2.45) is 0 Å². The molecule has 0 spiro atoms. The molecule has 1 aromatic rings. The van der Waals surface area contributed by atoms with Crippen molar-refractivity contribution in [2.75, 3.05) is 18.6 Å². The maximum Gasteiger partial charge on any atom is 0.325 e. The normalized spacial score (nSPS) is 17.3. The lowest BCUT2D eigenvalue weighted by Crippen LogP contribution is -2.41. The number of benzene rings is 1. The highest BCUT2D eigenvalue weighted by atomic mass is 35.5. The molecule has 1 fully saturated rings. The molecule has 0 radical (unpaired) electrons. The monoisotopic (exact) mass is 355 g/mol. The summed E-state index contributed by atoms with van der Waals surface area (Å²) in [5, 5.41) is 5.91. The van der Waals surface area contributed by atoms with Crippen molar-refractivity contribution in [3.8, 4) is 0 Å². The molecule has 1 aromatic carbocycles. The number of hydrogen-bond acceptors (Lipinski definition) is 4. The quantitative estimate of drug-likeness (QED) is 0.729. The van der Waals surface area contributed by atoms with Crippen LogP contribution in [0.15, 0.2) is 24.3 Å². The van der Waals surface area contributed by atoms with E-state index in [9.17, 15) is 14.4 Å². The number of nitrogens with zero attached hydrogens (tertiary/aromatic N) is 1. The van der Waals surface area contributed by atoms with E-state index in [1.807, 2.05) is 6.26 Å². The second kappa shape index (κ2) is 8.21. The van der Waals surface area contributed by atoms with Crippen LogP contribution in [0.5, 0.6) is 0 Å². The first-order chi connectivity index (χ1) is 11.0. The van der Waals surface area contributed by atoms with Crippen LogP contribution in [-0.2, 0) is 16.1 Å². The van der Waals surface area contributed by atoms with E-state index >= 15 is 0 Å². The molecule has 2 N–H and O–H groups in total. The van der Waals surface area contributed by atoms with Crippen LogP contribution in [0.2, 0.25) is 5.02 Å². The number of amides is 4. The number of thioether (sulfide) groups is 1. The number of carbonyl (C=O) groups is 3. The highest BCUT2D eigenvalue weighted by Gasteiger charge is 2.38. The van der Waals surface area contributed by atoms with E-state index < -0.39 is 12.1 Å². The van der Waals surface area contributed by atoms with Crippen LogP contribution in [0.25, 0.3) is 0 Å². The molecule has 2 rings (SSSR count). The minimum absolute atomic E-state index is 0.270. The van der Waals surface area contributed by atoms with Gasteiger partial charge in [-0.25, -0.2) is 4.79 Å². The summed E-state index contributed by atoms with van der Waals surface area (Å²) in [4.78, 5) is 36.8. The lowest BCUT2D eigenvalue weighted by molar-refractivity contribution is -0.132. The first-order valence-corrected chi connectivity index (χ1v) is 8.90. The molecule has 23 heavy (non-hydrogen) atoms. The van der Waals surface area contributed by atoms with Crippen molar-refractivity contribution >= 4 is 41.2 Å². The average molecular weight is 356 g/mol. The Balaban J connectivity index is 1.83.